The molecule has 1 heterocycles. The highest BCUT2D eigenvalue weighted by Crippen LogP contribution is 2.20. The largest absolute Gasteiger partial charge is 0.591 e. The predicted octanol–water partition coefficient (Wildman–Crippen LogP) is 1.73. The maximum Gasteiger partial charge on any atom is 0.591 e. The molecule has 0 aliphatic carbocycles. The Labute approximate surface area is 61.0 Å². The Balaban J connectivity index is 2.80. The van der Waals surface area contributed by atoms with Gasteiger partial charge in [-0.25, -0.2) is 0 Å². The van der Waals surface area contributed by atoms with Crippen molar-refractivity contribution in [2.45, 2.75) is 6.82 Å². The molecule has 0 atom stereocenters. The van der Waals surface area contributed by atoms with E-state index in [0.29, 0.717) is 11.5 Å². The highest BCUT2D eigenvalue weighted by Gasteiger charge is 2.25. The Morgan fingerprint density at radius 2 is 1.60 bits per heavy atom. The van der Waals surface area contributed by atoms with Gasteiger partial charge in [-0.2, -0.15) is 0 Å². The van der Waals surface area contributed by atoms with Crippen LogP contribution in [0.1, 0.15) is 0 Å². The van der Waals surface area contributed by atoms with Crippen molar-refractivity contribution >= 4 is 7.12 Å². The number of rotatable bonds is 2. The lowest BCUT2D eigenvalue weighted by atomic mass is 9.97. The Morgan fingerprint density at radius 3 is 1.90 bits per heavy atom. The molecule has 1 rings (SSSR count). The van der Waals surface area contributed by atoms with Gasteiger partial charge in [0.1, 0.15) is 11.5 Å². The summed E-state index contributed by atoms with van der Waals surface area (Å²) < 4.78 is 10.4. The second kappa shape index (κ2) is 2.65. The van der Waals surface area contributed by atoms with E-state index >= 15 is 0 Å². The fourth-order valence-electron chi connectivity index (χ4n) is 0.795. The average Bonchev–Trinajstić information content (AvgIpc) is 2.30. The Kier molecular flexibility index (Phi) is 1.85. The molecule has 0 saturated carbocycles. The van der Waals surface area contributed by atoms with Gasteiger partial charge >= 0.3 is 7.12 Å². The summed E-state index contributed by atoms with van der Waals surface area (Å²) in [7, 11) is -0.207. The maximum atomic E-state index is 5.18. The van der Waals surface area contributed by atoms with Gasteiger partial charge in [0.15, 0.2) is 0 Å². The zero-order valence-electron chi connectivity index (χ0n) is 5.96. The molecule has 1 aliphatic rings. The third kappa shape index (κ3) is 1.08. The van der Waals surface area contributed by atoms with E-state index in [1.165, 1.54) is 0 Å². The van der Waals surface area contributed by atoms with Gasteiger partial charge in [0.2, 0.25) is 0 Å². The molecule has 0 aromatic rings. The number of allylic oxidation sites excluding steroid dienone is 2. The Hall–Kier alpha value is -1.12. The second-order valence-electron chi connectivity index (χ2n) is 1.94. The van der Waals surface area contributed by atoms with Crippen LogP contribution in [0.2, 0.25) is 6.82 Å². The highest BCUT2D eigenvalue weighted by molar-refractivity contribution is 6.44. The Bertz CT molecular complexity index is 176. The van der Waals surface area contributed by atoms with E-state index in [-0.39, 0.29) is 7.12 Å². The van der Waals surface area contributed by atoms with Crippen molar-refractivity contribution < 1.29 is 9.31 Å². The summed E-state index contributed by atoms with van der Waals surface area (Å²) >= 11 is 0. The van der Waals surface area contributed by atoms with Crippen molar-refractivity contribution in [3.05, 3.63) is 36.8 Å². The molecule has 10 heavy (non-hydrogen) atoms. The van der Waals surface area contributed by atoms with Crippen molar-refractivity contribution in [3.8, 4) is 0 Å². The topological polar surface area (TPSA) is 18.5 Å². The van der Waals surface area contributed by atoms with Crippen molar-refractivity contribution in [3.63, 3.8) is 0 Å². The smallest absolute Gasteiger partial charge is 0.523 e. The van der Waals surface area contributed by atoms with Crippen LogP contribution in [0.4, 0.5) is 0 Å². The van der Waals surface area contributed by atoms with E-state index in [0.717, 1.165) is 0 Å². The molecule has 0 saturated heterocycles. The number of hydrogen-bond acceptors (Lipinski definition) is 2. The third-order valence-corrected chi connectivity index (χ3v) is 1.20. The van der Waals surface area contributed by atoms with Crippen molar-refractivity contribution in [2.75, 3.05) is 0 Å². The molecule has 0 unspecified atom stereocenters. The van der Waals surface area contributed by atoms with E-state index in [1.54, 1.807) is 12.2 Å². The van der Waals surface area contributed by atoms with E-state index < -0.39 is 0 Å². The van der Waals surface area contributed by atoms with Crippen LogP contribution in [0.3, 0.4) is 0 Å². The van der Waals surface area contributed by atoms with Crippen LogP contribution in [-0.4, -0.2) is 7.12 Å². The molecule has 0 amide bonds. The SMILES string of the molecule is C=CC1=C(C=C)OB(C)O1. The van der Waals surface area contributed by atoms with Gasteiger partial charge in [0.25, 0.3) is 0 Å². The molecule has 0 aromatic heterocycles. The fraction of sp³-hybridized carbons (Fsp3) is 0.143. The molecular weight excluding hydrogens is 127 g/mol. The van der Waals surface area contributed by atoms with Gasteiger partial charge in [-0.3, -0.25) is 0 Å². The first kappa shape index (κ1) is 7.00. The fourth-order valence-corrected chi connectivity index (χ4v) is 0.795. The zero-order chi connectivity index (χ0) is 7.56. The summed E-state index contributed by atoms with van der Waals surface area (Å²) in [5.41, 5.74) is 0. The van der Waals surface area contributed by atoms with E-state index in [9.17, 15) is 0 Å². The van der Waals surface area contributed by atoms with Gasteiger partial charge in [-0.1, -0.05) is 13.2 Å². The lowest BCUT2D eigenvalue weighted by Gasteiger charge is -1.96. The molecule has 3 heteroatoms. The summed E-state index contributed by atoms with van der Waals surface area (Å²) in [6.45, 7) is 8.95. The van der Waals surface area contributed by atoms with E-state index in [1.807, 2.05) is 6.82 Å². The third-order valence-electron chi connectivity index (χ3n) is 1.20. The first-order valence-corrected chi connectivity index (χ1v) is 3.10. The molecule has 52 valence electrons. The molecule has 1 aliphatic heterocycles. The van der Waals surface area contributed by atoms with Gasteiger partial charge < -0.3 is 9.31 Å². The van der Waals surface area contributed by atoms with E-state index in [4.69, 9.17) is 9.31 Å². The lowest BCUT2D eigenvalue weighted by molar-refractivity contribution is 0.393. The molecule has 0 fully saturated rings. The summed E-state index contributed by atoms with van der Waals surface area (Å²) in [6.07, 6.45) is 3.22. The van der Waals surface area contributed by atoms with Crippen LogP contribution < -0.4 is 0 Å². The van der Waals surface area contributed by atoms with Crippen molar-refractivity contribution in [1.29, 1.82) is 0 Å². The molecule has 0 spiro atoms. The predicted molar refractivity (Wildman–Crippen MR) is 41.2 cm³/mol. The molecule has 0 N–H and O–H groups in total. The van der Waals surface area contributed by atoms with Crippen LogP contribution in [0, 0.1) is 0 Å². The molecule has 2 nitrogen and oxygen atoms in total. The van der Waals surface area contributed by atoms with Gasteiger partial charge in [0, 0.05) is 0 Å². The van der Waals surface area contributed by atoms with Crippen molar-refractivity contribution in [2.24, 2.45) is 0 Å². The summed E-state index contributed by atoms with van der Waals surface area (Å²) in [4.78, 5) is 0. The second-order valence-corrected chi connectivity index (χ2v) is 1.94. The zero-order valence-corrected chi connectivity index (χ0v) is 5.96. The average molecular weight is 136 g/mol. The normalized spacial score (nSPS) is 16.3. The number of hydrogen-bond donors (Lipinski definition) is 0. The summed E-state index contributed by atoms with van der Waals surface area (Å²) in [5, 5.41) is 0. The first-order valence-electron chi connectivity index (χ1n) is 3.10. The van der Waals surface area contributed by atoms with Crippen LogP contribution in [0.25, 0.3) is 0 Å². The van der Waals surface area contributed by atoms with Crippen molar-refractivity contribution in [1.82, 2.24) is 0 Å². The minimum Gasteiger partial charge on any atom is -0.523 e. The van der Waals surface area contributed by atoms with Gasteiger partial charge in [0.05, 0.1) is 0 Å². The van der Waals surface area contributed by atoms with Crippen LogP contribution in [-0.2, 0) is 9.31 Å². The van der Waals surface area contributed by atoms with E-state index in [2.05, 4.69) is 13.2 Å². The Morgan fingerprint density at radius 1 is 1.20 bits per heavy atom. The van der Waals surface area contributed by atoms with Gasteiger partial charge in [-0.05, 0) is 19.0 Å². The highest BCUT2D eigenvalue weighted by atomic mass is 16.6. The minimum absolute atomic E-state index is 0.207. The quantitative estimate of drug-likeness (QED) is 0.538. The molecular formula is C7H9BO2. The minimum atomic E-state index is -0.207. The summed E-state index contributed by atoms with van der Waals surface area (Å²) in [5.74, 6) is 1.34. The van der Waals surface area contributed by atoms with Crippen LogP contribution >= 0.6 is 0 Å². The maximum absolute atomic E-state index is 5.18. The van der Waals surface area contributed by atoms with Crippen LogP contribution in [0.15, 0.2) is 36.8 Å². The summed E-state index contributed by atoms with van der Waals surface area (Å²) in [6, 6.07) is 0. The standard InChI is InChI=1S/C7H9BO2/c1-4-6-7(5-2)10-8(3)9-6/h4-5H,1-2H2,3H3. The lowest BCUT2D eigenvalue weighted by Crippen LogP contribution is -2.07. The van der Waals surface area contributed by atoms with Crippen LogP contribution in [0.5, 0.6) is 0 Å². The first-order chi connectivity index (χ1) is 4.77. The van der Waals surface area contributed by atoms with Gasteiger partial charge in [-0.15, -0.1) is 0 Å². The monoisotopic (exact) mass is 136 g/mol. The molecule has 0 radical (unpaired) electrons. The molecule has 0 aromatic carbocycles. The molecule has 0 bridgehead atoms.